The van der Waals surface area contributed by atoms with Gasteiger partial charge in [0.2, 0.25) is 5.91 Å². The second-order valence-electron chi connectivity index (χ2n) is 6.69. The van der Waals surface area contributed by atoms with Gasteiger partial charge in [0.05, 0.1) is 6.04 Å². The highest BCUT2D eigenvalue weighted by Gasteiger charge is 2.20. The molecule has 1 amide bonds. The van der Waals surface area contributed by atoms with Crippen molar-refractivity contribution in [1.29, 1.82) is 0 Å². The van der Waals surface area contributed by atoms with Gasteiger partial charge in [0.15, 0.2) is 0 Å². The fourth-order valence-electron chi connectivity index (χ4n) is 3.14. The molecule has 1 fully saturated rings. The molecule has 1 saturated carbocycles. The summed E-state index contributed by atoms with van der Waals surface area (Å²) >= 11 is 1.75. The number of benzene rings is 1. The fourth-order valence-corrected chi connectivity index (χ4v) is 3.55. The number of thioether (sulfide) groups is 1. The van der Waals surface area contributed by atoms with Crippen molar-refractivity contribution in [3.8, 4) is 0 Å². The molecule has 23 heavy (non-hydrogen) atoms. The third kappa shape index (κ3) is 5.85. The van der Waals surface area contributed by atoms with Gasteiger partial charge in [-0.2, -0.15) is 0 Å². The summed E-state index contributed by atoms with van der Waals surface area (Å²) in [6.45, 7) is 3.64. The largest absolute Gasteiger partial charge is 0.354 e. The molecule has 0 unspecified atom stereocenters. The maximum absolute atomic E-state index is 12.4. The molecule has 1 atom stereocenters. The average Bonchev–Trinajstić information content (AvgIpc) is 2.60. The van der Waals surface area contributed by atoms with Crippen molar-refractivity contribution in [2.75, 3.05) is 19.8 Å². The molecule has 0 bridgehead atoms. The Bertz CT molecular complexity index is 483. The van der Waals surface area contributed by atoms with E-state index in [0.717, 1.165) is 13.1 Å². The lowest BCUT2D eigenvalue weighted by atomic mass is 9.89. The van der Waals surface area contributed by atoms with Crippen molar-refractivity contribution >= 4 is 17.7 Å². The summed E-state index contributed by atoms with van der Waals surface area (Å²) < 4.78 is 0. The van der Waals surface area contributed by atoms with Crippen LogP contribution in [-0.2, 0) is 11.3 Å². The normalized spacial score (nSPS) is 17.2. The van der Waals surface area contributed by atoms with Crippen LogP contribution in [0.4, 0.5) is 0 Å². The van der Waals surface area contributed by atoms with Crippen LogP contribution < -0.4 is 5.32 Å². The third-order valence-corrected chi connectivity index (χ3v) is 5.66. The lowest BCUT2D eigenvalue weighted by molar-refractivity contribution is -0.125. The summed E-state index contributed by atoms with van der Waals surface area (Å²) in [7, 11) is 2.02. The van der Waals surface area contributed by atoms with E-state index in [-0.39, 0.29) is 11.9 Å². The third-order valence-electron chi connectivity index (χ3n) is 4.92. The molecule has 0 aliphatic heterocycles. The molecule has 2 rings (SSSR count). The number of nitrogens with zero attached hydrogens (tertiary/aromatic N) is 1. The zero-order valence-corrected chi connectivity index (χ0v) is 15.5. The maximum Gasteiger partial charge on any atom is 0.237 e. The number of carbonyl (C=O) groups is 1. The Balaban J connectivity index is 1.77. The number of nitrogens with one attached hydrogen (secondary N) is 1. The number of amides is 1. The summed E-state index contributed by atoms with van der Waals surface area (Å²) in [6.07, 6.45) is 8.63. The van der Waals surface area contributed by atoms with Crippen LogP contribution in [-0.4, -0.2) is 36.7 Å². The molecule has 1 aromatic rings. The van der Waals surface area contributed by atoms with E-state index < -0.39 is 0 Å². The highest BCUT2D eigenvalue weighted by atomic mass is 32.2. The molecule has 1 aliphatic rings. The number of rotatable bonds is 7. The first-order valence-electron chi connectivity index (χ1n) is 8.71. The number of hydrogen-bond donors (Lipinski definition) is 1. The van der Waals surface area contributed by atoms with Crippen molar-refractivity contribution < 1.29 is 4.79 Å². The van der Waals surface area contributed by atoms with E-state index in [9.17, 15) is 4.79 Å². The van der Waals surface area contributed by atoms with Gasteiger partial charge in [-0.25, -0.2) is 0 Å². The Morgan fingerprint density at radius 1 is 1.26 bits per heavy atom. The van der Waals surface area contributed by atoms with Gasteiger partial charge in [-0.1, -0.05) is 31.4 Å². The van der Waals surface area contributed by atoms with Crippen molar-refractivity contribution in [2.45, 2.75) is 56.5 Å². The second-order valence-corrected chi connectivity index (χ2v) is 7.57. The lowest BCUT2D eigenvalue weighted by Gasteiger charge is -2.26. The molecule has 128 valence electrons. The van der Waals surface area contributed by atoms with Gasteiger partial charge in [0, 0.05) is 18.0 Å². The Morgan fingerprint density at radius 3 is 2.52 bits per heavy atom. The first kappa shape index (κ1) is 18.3. The highest BCUT2D eigenvalue weighted by Crippen LogP contribution is 2.22. The molecule has 0 heterocycles. The van der Waals surface area contributed by atoms with Crippen LogP contribution in [0.1, 0.15) is 44.6 Å². The molecule has 4 heteroatoms. The molecule has 1 N–H and O–H groups in total. The molecule has 0 aromatic heterocycles. The topological polar surface area (TPSA) is 32.3 Å². The van der Waals surface area contributed by atoms with Gasteiger partial charge >= 0.3 is 0 Å². The van der Waals surface area contributed by atoms with E-state index >= 15 is 0 Å². The van der Waals surface area contributed by atoms with Crippen molar-refractivity contribution in [3.05, 3.63) is 29.8 Å². The van der Waals surface area contributed by atoms with Crippen molar-refractivity contribution in [2.24, 2.45) is 5.92 Å². The number of hydrogen-bond acceptors (Lipinski definition) is 3. The van der Waals surface area contributed by atoms with Gasteiger partial charge < -0.3 is 5.32 Å². The second kappa shape index (κ2) is 9.33. The minimum atomic E-state index is -0.0983. The van der Waals surface area contributed by atoms with Gasteiger partial charge in [0.1, 0.15) is 0 Å². The Hall–Kier alpha value is -1.00. The predicted molar refractivity (Wildman–Crippen MR) is 98.7 cm³/mol. The first-order chi connectivity index (χ1) is 11.1. The standard InChI is InChI=1S/C19H30N2OS/c1-15(19(22)20-13-16-7-5-4-6-8-16)21(2)14-17-9-11-18(23-3)12-10-17/h9-12,15-16H,4-8,13-14H2,1-3H3,(H,20,22)/t15-/m0/s1. The summed E-state index contributed by atoms with van der Waals surface area (Å²) in [5.41, 5.74) is 1.25. The van der Waals surface area contributed by atoms with E-state index in [4.69, 9.17) is 0 Å². The molecule has 3 nitrogen and oxygen atoms in total. The smallest absolute Gasteiger partial charge is 0.237 e. The summed E-state index contributed by atoms with van der Waals surface area (Å²) in [6, 6.07) is 8.48. The van der Waals surface area contributed by atoms with E-state index in [0.29, 0.717) is 5.92 Å². The van der Waals surface area contributed by atoms with Crippen molar-refractivity contribution in [1.82, 2.24) is 10.2 Å². The summed E-state index contributed by atoms with van der Waals surface area (Å²) in [5, 5.41) is 3.15. The van der Waals surface area contributed by atoms with Gasteiger partial charge in [0.25, 0.3) is 0 Å². The van der Waals surface area contributed by atoms with E-state index in [2.05, 4.69) is 40.7 Å². The monoisotopic (exact) mass is 334 g/mol. The minimum absolute atomic E-state index is 0.0983. The predicted octanol–water partition coefficient (Wildman–Crippen LogP) is 3.93. The molecular weight excluding hydrogens is 304 g/mol. The highest BCUT2D eigenvalue weighted by molar-refractivity contribution is 7.98. The molecule has 0 radical (unpaired) electrons. The average molecular weight is 335 g/mol. The summed E-state index contributed by atoms with van der Waals surface area (Å²) in [5.74, 6) is 0.836. The number of likely N-dealkylation sites (N-methyl/N-ethyl adjacent to an activating group) is 1. The van der Waals surface area contributed by atoms with Crippen LogP contribution in [0.2, 0.25) is 0 Å². The van der Waals surface area contributed by atoms with Crippen molar-refractivity contribution in [3.63, 3.8) is 0 Å². The molecule has 0 saturated heterocycles. The molecule has 1 aliphatic carbocycles. The quantitative estimate of drug-likeness (QED) is 0.767. The molecular formula is C19H30N2OS. The maximum atomic E-state index is 12.4. The van der Waals surface area contributed by atoms with Crippen LogP contribution >= 0.6 is 11.8 Å². The van der Waals surface area contributed by atoms with Gasteiger partial charge in [-0.05, 0) is 56.7 Å². The minimum Gasteiger partial charge on any atom is -0.354 e. The Labute approximate surface area is 145 Å². The van der Waals surface area contributed by atoms with E-state index in [1.54, 1.807) is 11.8 Å². The van der Waals surface area contributed by atoms with Crippen LogP contribution in [0.25, 0.3) is 0 Å². The Morgan fingerprint density at radius 2 is 1.91 bits per heavy atom. The lowest BCUT2D eigenvalue weighted by Crippen LogP contribution is -2.44. The van der Waals surface area contributed by atoms with Crippen LogP contribution in [0.5, 0.6) is 0 Å². The molecule has 1 aromatic carbocycles. The Kier molecular flexibility index (Phi) is 7.44. The SMILES string of the molecule is CSc1ccc(CN(C)[C@@H](C)C(=O)NCC2CCCCC2)cc1. The number of carbonyl (C=O) groups excluding carboxylic acids is 1. The zero-order valence-electron chi connectivity index (χ0n) is 14.7. The fraction of sp³-hybridized carbons (Fsp3) is 0.632. The van der Waals surface area contributed by atoms with Crippen LogP contribution in [0.3, 0.4) is 0 Å². The van der Waals surface area contributed by atoms with E-state index in [1.807, 2.05) is 14.0 Å². The van der Waals surface area contributed by atoms with Crippen LogP contribution in [0, 0.1) is 5.92 Å². The zero-order chi connectivity index (χ0) is 16.7. The first-order valence-corrected chi connectivity index (χ1v) is 9.93. The van der Waals surface area contributed by atoms with Gasteiger partial charge in [-0.15, -0.1) is 11.8 Å². The summed E-state index contributed by atoms with van der Waals surface area (Å²) in [4.78, 5) is 15.7. The van der Waals surface area contributed by atoms with Gasteiger partial charge in [-0.3, -0.25) is 9.69 Å². The molecule has 0 spiro atoms. The van der Waals surface area contributed by atoms with E-state index in [1.165, 1.54) is 42.6 Å². The van der Waals surface area contributed by atoms with Crippen LogP contribution in [0.15, 0.2) is 29.2 Å².